The van der Waals surface area contributed by atoms with E-state index in [1.54, 1.807) is 6.08 Å². The van der Waals surface area contributed by atoms with Gasteiger partial charge in [0.05, 0.1) is 12.7 Å². The predicted molar refractivity (Wildman–Crippen MR) is 116 cm³/mol. The van der Waals surface area contributed by atoms with Gasteiger partial charge in [0.15, 0.2) is 0 Å². The van der Waals surface area contributed by atoms with E-state index in [0.29, 0.717) is 11.6 Å². The molecule has 0 radical (unpaired) electrons. The Hall–Kier alpha value is -2.88. The number of anilines is 1. The molecule has 0 aliphatic heterocycles. The molecule has 29 heavy (non-hydrogen) atoms. The molecule has 2 aromatic carbocycles. The van der Waals surface area contributed by atoms with Crippen LogP contribution in [0.5, 0.6) is 0 Å². The lowest BCUT2D eigenvalue weighted by Gasteiger charge is -2.28. The van der Waals surface area contributed by atoms with Gasteiger partial charge in [0.2, 0.25) is 0 Å². The Morgan fingerprint density at radius 2 is 2.17 bits per heavy atom. The number of aromatic nitrogens is 3. The molecule has 6 heteroatoms. The molecule has 0 spiro atoms. The first-order chi connectivity index (χ1) is 14.1. The van der Waals surface area contributed by atoms with Crippen molar-refractivity contribution in [3.05, 3.63) is 71.4 Å². The van der Waals surface area contributed by atoms with E-state index in [4.69, 9.17) is 11.6 Å². The third-order valence-electron chi connectivity index (χ3n) is 5.66. The van der Waals surface area contributed by atoms with Crippen LogP contribution in [0.3, 0.4) is 0 Å². The van der Waals surface area contributed by atoms with Crippen LogP contribution in [0.4, 0.5) is 5.69 Å². The first kappa shape index (κ1) is 19.4. The lowest BCUT2D eigenvalue weighted by Crippen LogP contribution is -2.32. The fourth-order valence-electron chi connectivity index (χ4n) is 4.04. The maximum atomic E-state index is 10.9. The quantitative estimate of drug-likeness (QED) is 0.585. The van der Waals surface area contributed by atoms with E-state index in [1.165, 1.54) is 0 Å². The Bertz CT molecular complexity index is 1060. The number of hydrogen-bond donors (Lipinski definition) is 1. The Labute approximate surface area is 175 Å². The van der Waals surface area contributed by atoms with Gasteiger partial charge in [0.25, 0.3) is 0 Å². The zero-order valence-corrected chi connectivity index (χ0v) is 17.1. The van der Waals surface area contributed by atoms with Crippen molar-refractivity contribution >= 4 is 23.2 Å². The van der Waals surface area contributed by atoms with Crippen LogP contribution in [-0.2, 0) is 11.3 Å². The largest absolute Gasteiger partial charge is 0.381 e. The first-order valence-electron chi connectivity index (χ1n) is 9.79. The minimum absolute atomic E-state index is 0.155. The summed E-state index contributed by atoms with van der Waals surface area (Å²) in [5.41, 5.74) is 3.76. The monoisotopic (exact) mass is 406 g/mol. The third kappa shape index (κ3) is 4.42. The summed E-state index contributed by atoms with van der Waals surface area (Å²) in [5.74, 6) is 1.98. The first-order valence-corrected chi connectivity index (χ1v) is 10.2. The number of halogens is 1. The molecule has 148 valence electrons. The predicted octanol–water partition coefficient (Wildman–Crippen LogP) is 5.01. The molecule has 4 rings (SSSR count). The Kier molecular flexibility index (Phi) is 5.52. The normalized spacial score (nSPS) is 21.0. The summed E-state index contributed by atoms with van der Waals surface area (Å²) in [6.07, 6.45) is 6.74. The van der Waals surface area contributed by atoms with E-state index in [9.17, 15) is 4.79 Å². The van der Waals surface area contributed by atoms with E-state index >= 15 is 0 Å². The molecule has 1 aliphatic carbocycles. The average molecular weight is 407 g/mol. The highest BCUT2D eigenvalue weighted by molar-refractivity contribution is 6.30. The van der Waals surface area contributed by atoms with Crippen LogP contribution in [-0.4, -0.2) is 27.0 Å². The number of nitrogens with one attached hydrogen (secondary N) is 1. The van der Waals surface area contributed by atoms with Crippen molar-refractivity contribution in [2.75, 3.05) is 5.32 Å². The zero-order valence-electron chi connectivity index (χ0n) is 16.3. The van der Waals surface area contributed by atoms with Crippen molar-refractivity contribution in [1.29, 1.82) is 0 Å². The summed E-state index contributed by atoms with van der Waals surface area (Å²) in [5, 5.41) is 12.9. The van der Waals surface area contributed by atoms with E-state index < -0.39 is 0 Å². The molecule has 5 nitrogen and oxygen atoms in total. The number of rotatable bonds is 6. The van der Waals surface area contributed by atoms with Crippen molar-refractivity contribution < 1.29 is 4.79 Å². The van der Waals surface area contributed by atoms with Crippen LogP contribution in [0.25, 0.3) is 11.3 Å². The van der Waals surface area contributed by atoms with Crippen molar-refractivity contribution in [2.45, 2.75) is 38.8 Å². The van der Waals surface area contributed by atoms with Gasteiger partial charge in [-0.15, -0.1) is 5.10 Å². The van der Waals surface area contributed by atoms with Crippen molar-refractivity contribution in [3.8, 4) is 11.3 Å². The second kappa shape index (κ2) is 8.24. The number of nitrogens with zero attached hydrogens (tertiary/aromatic N) is 3. The third-order valence-corrected chi connectivity index (χ3v) is 5.90. The van der Waals surface area contributed by atoms with Crippen LogP contribution in [0.1, 0.15) is 31.7 Å². The molecule has 1 N–H and O–H groups in total. The maximum absolute atomic E-state index is 10.9. The van der Waals surface area contributed by atoms with Crippen LogP contribution in [0, 0.1) is 5.41 Å². The molecule has 1 heterocycles. The van der Waals surface area contributed by atoms with Crippen molar-refractivity contribution in [3.63, 3.8) is 0 Å². The number of benzene rings is 2. The molecule has 1 saturated carbocycles. The summed E-state index contributed by atoms with van der Waals surface area (Å²) >= 11 is 6.06. The second-order valence-electron chi connectivity index (χ2n) is 7.87. The van der Waals surface area contributed by atoms with Crippen LogP contribution < -0.4 is 5.32 Å². The minimum Gasteiger partial charge on any atom is -0.381 e. The highest BCUT2D eigenvalue weighted by atomic mass is 35.5. The second-order valence-corrected chi connectivity index (χ2v) is 8.31. The van der Waals surface area contributed by atoms with Crippen LogP contribution in [0.15, 0.2) is 60.8 Å². The standard InChI is InChI=1S/C23H23ClN4O/c1-23(11-12-29)10-4-9-22(23)25-20-8-3-6-18(14-20)21-16-28(27-26-21)15-17-5-2-7-19(24)13-17/h2-3,5-8,11,13-14,16,22,25H,4,9-10,15H2,1H3. The highest BCUT2D eigenvalue weighted by Crippen LogP contribution is 2.40. The molecule has 0 saturated heterocycles. The van der Waals surface area contributed by atoms with E-state index in [-0.39, 0.29) is 11.5 Å². The minimum atomic E-state index is -0.155. The van der Waals surface area contributed by atoms with Crippen molar-refractivity contribution in [2.24, 2.45) is 5.41 Å². The summed E-state index contributed by atoms with van der Waals surface area (Å²) in [7, 11) is 0. The van der Waals surface area contributed by atoms with Gasteiger partial charge in [-0.05, 0) is 42.7 Å². The fourth-order valence-corrected chi connectivity index (χ4v) is 4.25. The Balaban J connectivity index is 1.50. The highest BCUT2D eigenvalue weighted by Gasteiger charge is 2.37. The molecule has 1 aliphatic rings. The summed E-state index contributed by atoms with van der Waals surface area (Å²) in [4.78, 5) is 10.9. The smallest absolute Gasteiger partial charge is 0.120 e. The molecular weight excluding hydrogens is 384 g/mol. The molecular formula is C23H23ClN4O. The van der Waals surface area contributed by atoms with Crippen LogP contribution in [0.2, 0.25) is 5.02 Å². The molecule has 1 fully saturated rings. The van der Waals surface area contributed by atoms with E-state index in [2.05, 4.69) is 28.6 Å². The summed E-state index contributed by atoms with van der Waals surface area (Å²) < 4.78 is 1.81. The van der Waals surface area contributed by atoms with E-state index in [1.807, 2.05) is 59.3 Å². The molecule has 0 bridgehead atoms. The molecule has 3 aromatic rings. The Morgan fingerprint density at radius 1 is 1.31 bits per heavy atom. The number of carbonyl (C=O) groups excluding carboxylic acids is 1. The maximum Gasteiger partial charge on any atom is 0.120 e. The lowest BCUT2D eigenvalue weighted by molar-refractivity contribution is 0.408. The Morgan fingerprint density at radius 3 is 3.00 bits per heavy atom. The lowest BCUT2D eigenvalue weighted by atomic mass is 9.85. The van der Waals surface area contributed by atoms with Gasteiger partial charge in [-0.2, -0.15) is 0 Å². The molecule has 2 atom stereocenters. The summed E-state index contributed by atoms with van der Waals surface area (Å²) in [6.45, 7) is 2.73. The van der Waals surface area contributed by atoms with Gasteiger partial charge in [0, 0.05) is 33.8 Å². The van der Waals surface area contributed by atoms with Crippen molar-refractivity contribution in [1.82, 2.24) is 15.0 Å². The van der Waals surface area contributed by atoms with Gasteiger partial charge in [0.1, 0.15) is 11.6 Å². The summed E-state index contributed by atoms with van der Waals surface area (Å²) in [6, 6.07) is 16.1. The average Bonchev–Trinajstić information content (AvgIpc) is 3.30. The molecule has 1 aromatic heterocycles. The van der Waals surface area contributed by atoms with Gasteiger partial charge >= 0.3 is 0 Å². The van der Waals surface area contributed by atoms with E-state index in [0.717, 1.165) is 41.8 Å². The van der Waals surface area contributed by atoms with Crippen LogP contribution >= 0.6 is 11.6 Å². The van der Waals surface area contributed by atoms with Gasteiger partial charge in [-0.3, -0.25) is 0 Å². The topological polar surface area (TPSA) is 59.8 Å². The zero-order chi connectivity index (χ0) is 20.3. The van der Waals surface area contributed by atoms with Gasteiger partial charge in [-0.25, -0.2) is 9.48 Å². The van der Waals surface area contributed by atoms with Gasteiger partial charge in [-0.1, -0.05) is 54.4 Å². The van der Waals surface area contributed by atoms with Gasteiger partial charge < -0.3 is 5.32 Å². The molecule has 2 unspecified atom stereocenters. The SMILES string of the molecule is CC1(C=C=O)CCCC1Nc1cccc(-c2cn(Cc3cccc(Cl)c3)nn2)c1. The fraction of sp³-hybridized carbons (Fsp3) is 0.304. The number of hydrogen-bond acceptors (Lipinski definition) is 4. The molecule has 0 amide bonds.